The maximum Gasteiger partial charge on any atom is 0.322 e. The van der Waals surface area contributed by atoms with Gasteiger partial charge in [-0.1, -0.05) is 46.3 Å². The van der Waals surface area contributed by atoms with Crippen LogP contribution in [0, 0.1) is 6.92 Å². The minimum atomic E-state index is -0.227. The lowest BCUT2D eigenvalue weighted by Gasteiger charge is -2.28. The SMILES string of the molecule is Cc1ccc(CN(Cc2ccccc2)C(=O)CN(C(=O)Nc2ccc(Br)cc2)C2CC2)s1. The zero-order valence-corrected chi connectivity index (χ0v) is 20.4. The number of hydrogen-bond donors (Lipinski definition) is 1. The number of aryl methyl sites for hydroxylation is 1. The fraction of sp³-hybridized carbons (Fsp3) is 0.280. The number of amides is 3. The number of carbonyl (C=O) groups excluding carboxylic acids is 2. The number of urea groups is 1. The van der Waals surface area contributed by atoms with E-state index in [1.807, 2.05) is 59.5 Å². The number of nitrogens with one attached hydrogen (secondary N) is 1. The Morgan fingerprint density at radius 3 is 2.34 bits per heavy atom. The van der Waals surface area contributed by atoms with Crippen LogP contribution in [0.2, 0.25) is 0 Å². The molecule has 5 nitrogen and oxygen atoms in total. The number of rotatable bonds is 8. The van der Waals surface area contributed by atoms with E-state index in [2.05, 4.69) is 40.3 Å². The van der Waals surface area contributed by atoms with Gasteiger partial charge in [0.1, 0.15) is 6.54 Å². The average molecular weight is 512 g/mol. The molecule has 3 amide bonds. The number of hydrogen-bond acceptors (Lipinski definition) is 3. The van der Waals surface area contributed by atoms with Gasteiger partial charge in [0.2, 0.25) is 5.91 Å². The van der Waals surface area contributed by atoms with Crippen molar-refractivity contribution in [3.63, 3.8) is 0 Å². The Morgan fingerprint density at radius 1 is 1.00 bits per heavy atom. The second kappa shape index (κ2) is 10.3. The average Bonchev–Trinajstić information content (AvgIpc) is 3.55. The third-order valence-corrected chi connectivity index (χ3v) is 6.88. The lowest BCUT2D eigenvalue weighted by molar-refractivity contribution is -0.133. The van der Waals surface area contributed by atoms with Crippen molar-refractivity contribution < 1.29 is 9.59 Å². The first kappa shape index (κ1) is 22.6. The maximum absolute atomic E-state index is 13.4. The second-order valence-electron chi connectivity index (χ2n) is 8.04. The number of benzene rings is 2. The lowest BCUT2D eigenvalue weighted by Crippen LogP contribution is -2.45. The monoisotopic (exact) mass is 511 g/mol. The smallest absolute Gasteiger partial charge is 0.322 e. The van der Waals surface area contributed by atoms with Crippen LogP contribution in [0.3, 0.4) is 0 Å². The fourth-order valence-corrected chi connectivity index (χ4v) is 4.69. The van der Waals surface area contributed by atoms with E-state index in [4.69, 9.17) is 0 Å². The lowest BCUT2D eigenvalue weighted by atomic mass is 10.2. The summed E-state index contributed by atoms with van der Waals surface area (Å²) in [7, 11) is 0. The Hall–Kier alpha value is -2.64. The van der Waals surface area contributed by atoms with Crippen LogP contribution >= 0.6 is 27.3 Å². The van der Waals surface area contributed by atoms with Gasteiger partial charge in [0, 0.05) is 32.5 Å². The van der Waals surface area contributed by atoms with Crippen molar-refractivity contribution in [2.45, 2.75) is 38.9 Å². The van der Waals surface area contributed by atoms with E-state index in [-0.39, 0.29) is 24.5 Å². The summed E-state index contributed by atoms with van der Waals surface area (Å²) >= 11 is 5.11. The molecule has 0 atom stereocenters. The predicted molar refractivity (Wildman–Crippen MR) is 133 cm³/mol. The van der Waals surface area contributed by atoms with Gasteiger partial charge in [-0.15, -0.1) is 11.3 Å². The highest BCUT2D eigenvalue weighted by molar-refractivity contribution is 9.10. The summed E-state index contributed by atoms with van der Waals surface area (Å²) in [4.78, 5) is 32.3. The number of halogens is 1. The molecular formula is C25H26BrN3O2S. The third-order valence-electron chi connectivity index (χ3n) is 5.36. The van der Waals surface area contributed by atoms with E-state index in [1.54, 1.807) is 16.2 Å². The Morgan fingerprint density at radius 2 is 1.72 bits per heavy atom. The zero-order chi connectivity index (χ0) is 22.5. The van der Waals surface area contributed by atoms with E-state index in [0.717, 1.165) is 27.8 Å². The molecule has 1 aliphatic rings. The first-order valence-electron chi connectivity index (χ1n) is 10.7. The first-order valence-corrected chi connectivity index (χ1v) is 12.3. The van der Waals surface area contributed by atoms with Crippen molar-refractivity contribution in [1.29, 1.82) is 0 Å². The summed E-state index contributed by atoms with van der Waals surface area (Å²) in [5.74, 6) is -0.0437. The Kier molecular flexibility index (Phi) is 7.27. The number of thiophene rings is 1. The van der Waals surface area contributed by atoms with E-state index >= 15 is 0 Å². The standard InChI is InChI=1S/C25H26BrN3O2S/c1-18-7-14-23(32-18)16-28(15-19-5-3-2-4-6-19)24(30)17-29(22-12-13-22)25(31)27-21-10-8-20(26)9-11-21/h2-11,14,22H,12-13,15-17H2,1H3,(H,27,31). The largest absolute Gasteiger partial charge is 0.332 e. The highest BCUT2D eigenvalue weighted by Crippen LogP contribution is 2.28. The molecule has 0 saturated heterocycles. The third kappa shape index (κ3) is 6.20. The molecule has 0 aliphatic heterocycles. The van der Waals surface area contributed by atoms with Crippen molar-refractivity contribution in [1.82, 2.24) is 9.80 Å². The van der Waals surface area contributed by atoms with E-state index < -0.39 is 0 Å². The highest BCUT2D eigenvalue weighted by atomic mass is 79.9. The molecule has 1 heterocycles. The molecule has 1 aliphatic carbocycles. The molecule has 0 unspecified atom stereocenters. The normalized spacial score (nSPS) is 12.9. The molecule has 166 valence electrons. The van der Waals surface area contributed by atoms with Crippen LogP contribution < -0.4 is 5.32 Å². The van der Waals surface area contributed by atoms with Gasteiger partial charge in [0.05, 0.1) is 6.54 Å². The minimum absolute atomic E-state index is 0.0437. The summed E-state index contributed by atoms with van der Waals surface area (Å²) < 4.78 is 0.949. The van der Waals surface area contributed by atoms with Crippen LogP contribution in [0.25, 0.3) is 0 Å². The van der Waals surface area contributed by atoms with Gasteiger partial charge < -0.3 is 15.1 Å². The molecular weight excluding hydrogens is 486 g/mol. The van der Waals surface area contributed by atoms with Crippen LogP contribution in [0.4, 0.5) is 10.5 Å². The van der Waals surface area contributed by atoms with Gasteiger partial charge in [0.15, 0.2) is 0 Å². The highest BCUT2D eigenvalue weighted by Gasteiger charge is 2.35. The summed E-state index contributed by atoms with van der Waals surface area (Å²) in [6.45, 7) is 3.20. The number of carbonyl (C=O) groups is 2. The molecule has 3 aromatic rings. The Balaban J connectivity index is 1.47. The van der Waals surface area contributed by atoms with Crippen LogP contribution in [0.15, 0.2) is 71.2 Å². The van der Waals surface area contributed by atoms with Crippen LogP contribution in [-0.4, -0.2) is 34.3 Å². The zero-order valence-electron chi connectivity index (χ0n) is 18.0. The van der Waals surface area contributed by atoms with Crippen molar-refractivity contribution in [2.24, 2.45) is 0 Å². The molecule has 4 rings (SSSR count). The molecule has 0 bridgehead atoms. The van der Waals surface area contributed by atoms with Crippen molar-refractivity contribution in [3.8, 4) is 0 Å². The summed E-state index contributed by atoms with van der Waals surface area (Å²) in [6, 6.07) is 21.5. The number of anilines is 1. The quantitative estimate of drug-likeness (QED) is 0.400. The van der Waals surface area contributed by atoms with Crippen molar-refractivity contribution in [2.75, 3.05) is 11.9 Å². The molecule has 7 heteroatoms. The molecule has 1 aromatic heterocycles. The van der Waals surface area contributed by atoms with Crippen LogP contribution in [0.5, 0.6) is 0 Å². The van der Waals surface area contributed by atoms with Gasteiger partial charge in [-0.3, -0.25) is 4.79 Å². The fourth-order valence-electron chi connectivity index (χ4n) is 3.52. The molecule has 2 aromatic carbocycles. The molecule has 1 N–H and O–H groups in total. The van der Waals surface area contributed by atoms with Gasteiger partial charge in [-0.25, -0.2) is 4.79 Å². The second-order valence-corrected chi connectivity index (χ2v) is 10.3. The summed E-state index contributed by atoms with van der Waals surface area (Å²) in [5, 5.41) is 2.94. The molecule has 0 radical (unpaired) electrons. The maximum atomic E-state index is 13.4. The first-order chi connectivity index (χ1) is 15.5. The predicted octanol–water partition coefficient (Wildman–Crippen LogP) is 6.04. The van der Waals surface area contributed by atoms with E-state index in [1.165, 1.54) is 4.88 Å². The van der Waals surface area contributed by atoms with Gasteiger partial charge in [-0.2, -0.15) is 0 Å². The molecule has 1 saturated carbocycles. The topological polar surface area (TPSA) is 52.7 Å². The minimum Gasteiger partial charge on any atom is -0.332 e. The van der Waals surface area contributed by atoms with Gasteiger partial charge in [-0.05, 0) is 61.7 Å². The molecule has 1 fully saturated rings. The molecule has 32 heavy (non-hydrogen) atoms. The van der Waals surface area contributed by atoms with Crippen molar-refractivity contribution in [3.05, 3.63) is 86.5 Å². The summed E-state index contributed by atoms with van der Waals surface area (Å²) in [6.07, 6.45) is 1.87. The van der Waals surface area contributed by atoms with Gasteiger partial charge >= 0.3 is 6.03 Å². The van der Waals surface area contributed by atoms with E-state index in [9.17, 15) is 9.59 Å². The Labute approximate surface area is 201 Å². The number of nitrogens with zero attached hydrogens (tertiary/aromatic N) is 2. The van der Waals surface area contributed by atoms with Crippen LogP contribution in [0.1, 0.15) is 28.2 Å². The van der Waals surface area contributed by atoms with E-state index in [0.29, 0.717) is 18.8 Å². The van der Waals surface area contributed by atoms with Crippen molar-refractivity contribution >= 4 is 44.9 Å². The van der Waals surface area contributed by atoms with Gasteiger partial charge in [0.25, 0.3) is 0 Å². The summed E-state index contributed by atoms with van der Waals surface area (Å²) in [5.41, 5.74) is 1.79. The van der Waals surface area contributed by atoms with Crippen LogP contribution in [-0.2, 0) is 17.9 Å². The Bertz CT molecular complexity index is 1060. The molecule has 0 spiro atoms.